The highest BCUT2D eigenvalue weighted by Crippen LogP contribution is 2.40. The summed E-state index contributed by atoms with van der Waals surface area (Å²) >= 11 is 0. The lowest BCUT2D eigenvalue weighted by atomic mass is 9.95. The summed E-state index contributed by atoms with van der Waals surface area (Å²) in [6, 6.07) is -1.05. The maximum atomic E-state index is 13.6. The fourth-order valence-corrected chi connectivity index (χ4v) is 4.01. The Balaban J connectivity index is 2.74. The van der Waals surface area contributed by atoms with Crippen LogP contribution >= 0.6 is 0 Å². The van der Waals surface area contributed by atoms with Gasteiger partial charge in [-0.3, -0.25) is 19.4 Å². The molecule has 1 aliphatic carbocycles. The highest BCUT2D eigenvalue weighted by Gasteiger charge is 2.46. The van der Waals surface area contributed by atoms with E-state index in [2.05, 4.69) is 0 Å². The second-order valence-electron chi connectivity index (χ2n) is 8.56. The van der Waals surface area contributed by atoms with Crippen molar-refractivity contribution in [2.75, 3.05) is 48.5 Å². The largest absolute Gasteiger partial charge is 0.383 e. The van der Waals surface area contributed by atoms with E-state index < -0.39 is 23.9 Å². The van der Waals surface area contributed by atoms with E-state index >= 15 is 0 Å². The van der Waals surface area contributed by atoms with Crippen molar-refractivity contribution in [2.24, 2.45) is 0 Å². The van der Waals surface area contributed by atoms with Gasteiger partial charge in [0.1, 0.15) is 5.57 Å². The van der Waals surface area contributed by atoms with E-state index in [0.717, 1.165) is 30.4 Å². The predicted octanol–water partition coefficient (Wildman–Crippen LogP) is 2.59. The number of carbonyl (C=O) groups excluding carboxylic acids is 3. The van der Waals surface area contributed by atoms with Crippen molar-refractivity contribution in [3.05, 3.63) is 34.7 Å². The number of barbiturate groups is 1. The molecule has 0 radical (unpaired) electrons. The first-order valence-corrected chi connectivity index (χ1v) is 10.8. The summed E-state index contributed by atoms with van der Waals surface area (Å²) in [5.74, 6) is -1.05. The van der Waals surface area contributed by atoms with Crippen LogP contribution in [0.3, 0.4) is 0 Å². The van der Waals surface area contributed by atoms with Crippen molar-refractivity contribution in [3.8, 4) is 0 Å². The van der Waals surface area contributed by atoms with Crippen LogP contribution in [0.4, 0.5) is 4.79 Å². The molecule has 1 unspecified atom stereocenters. The van der Waals surface area contributed by atoms with Gasteiger partial charge in [-0.15, -0.1) is 0 Å². The quantitative estimate of drug-likeness (QED) is 0.434. The first kappa shape index (κ1) is 24.7. The molecule has 0 N–H and O–H groups in total. The SMILES string of the molecule is CCCCN1C(=O)C(=C2C(=CN(C)C)CCC2=CN(C)C)C(=O)N(C(C)COC)C1=O. The van der Waals surface area contributed by atoms with Gasteiger partial charge in [0.15, 0.2) is 0 Å². The smallest absolute Gasteiger partial charge is 0.334 e. The van der Waals surface area contributed by atoms with E-state index in [-0.39, 0.29) is 18.7 Å². The van der Waals surface area contributed by atoms with E-state index in [1.54, 1.807) is 6.92 Å². The highest BCUT2D eigenvalue weighted by atomic mass is 16.5. The normalized spacial score (nSPS) is 21.1. The number of hydrogen-bond donors (Lipinski definition) is 0. The van der Waals surface area contributed by atoms with Crippen LogP contribution in [-0.2, 0) is 14.3 Å². The lowest BCUT2D eigenvalue weighted by molar-refractivity contribution is -0.137. The standard InChI is InChI=1S/C23H36N4O4/c1-8-9-12-26-21(28)20(22(29)27(23(26)30)16(2)15-31-7)19-17(13-24(3)4)10-11-18(19)14-25(5)6/h13-14,16H,8-12,15H2,1-7H3. The van der Waals surface area contributed by atoms with Crippen molar-refractivity contribution < 1.29 is 19.1 Å². The van der Waals surface area contributed by atoms with Gasteiger partial charge >= 0.3 is 6.03 Å². The molecule has 1 saturated carbocycles. The molecule has 1 aliphatic heterocycles. The molecule has 31 heavy (non-hydrogen) atoms. The maximum Gasteiger partial charge on any atom is 0.334 e. The highest BCUT2D eigenvalue weighted by molar-refractivity contribution is 6.30. The van der Waals surface area contributed by atoms with Crippen molar-refractivity contribution in [1.82, 2.24) is 19.6 Å². The van der Waals surface area contributed by atoms with E-state index in [9.17, 15) is 14.4 Å². The topological polar surface area (TPSA) is 73.4 Å². The molecule has 8 nitrogen and oxygen atoms in total. The van der Waals surface area contributed by atoms with Gasteiger partial charge in [-0.25, -0.2) is 4.79 Å². The van der Waals surface area contributed by atoms with Crippen LogP contribution in [-0.4, -0.2) is 91.9 Å². The molecule has 2 rings (SSSR count). The number of carbonyl (C=O) groups is 3. The third kappa shape index (κ3) is 5.36. The second-order valence-corrected chi connectivity index (χ2v) is 8.56. The minimum Gasteiger partial charge on any atom is -0.383 e. The molecule has 2 fully saturated rings. The number of urea groups is 1. The summed E-state index contributed by atoms with van der Waals surface area (Å²) in [4.78, 5) is 46.5. The zero-order valence-electron chi connectivity index (χ0n) is 19.9. The van der Waals surface area contributed by atoms with Crippen LogP contribution in [0.15, 0.2) is 34.7 Å². The Labute approximate surface area is 185 Å². The predicted molar refractivity (Wildman–Crippen MR) is 120 cm³/mol. The summed E-state index contributed by atoms with van der Waals surface area (Å²) in [5, 5.41) is 0. The molecule has 0 aromatic rings. The molecule has 0 aromatic carbocycles. The molecule has 172 valence electrons. The number of allylic oxidation sites excluding steroid dienone is 3. The van der Waals surface area contributed by atoms with E-state index in [0.29, 0.717) is 12.0 Å². The second kappa shape index (κ2) is 10.6. The lowest BCUT2D eigenvalue weighted by Gasteiger charge is -2.37. The van der Waals surface area contributed by atoms with E-state index in [1.807, 2.05) is 57.3 Å². The Morgan fingerprint density at radius 2 is 1.52 bits per heavy atom. The Hall–Kier alpha value is -2.61. The Morgan fingerprint density at radius 1 is 0.968 bits per heavy atom. The third-order valence-electron chi connectivity index (χ3n) is 5.30. The van der Waals surface area contributed by atoms with Gasteiger partial charge in [0, 0.05) is 59.8 Å². The van der Waals surface area contributed by atoms with Gasteiger partial charge in [-0.1, -0.05) is 13.3 Å². The van der Waals surface area contributed by atoms with Crippen molar-refractivity contribution in [3.63, 3.8) is 0 Å². The Bertz CT molecular complexity index is 782. The average molecular weight is 433 g/mol. The molecular weight excluding hydrogens is 396 g/mol. The summed E-state index contributed by atoms with van der Waals surface area (Å²) in [6.45, 7) is 4.25. The van der Waals surface area contributed by atoms with Crippen LogP contribution in [0.5, 0.6) is 0 Å². The monoisotopic (exact) mass is 432 g/mol. The van der Waals surface area contributed by atoms with Gasteiger partial charge < -0.3 is 14.5 Å². The minimum absolute atomic E-state index is 0.0809. The number of ether oxygens (including phenoxy) is 1. The number of methoxy groups -OCH3 is 1. The summed E-state index contributed by atoms with van der Waals surface area (Å²) in [6.07, 6.45) is 6.88. The first-order valence-electron chi connectivity index (χ1n) is 10.8. The van der Waals surface area contributed by atoms with Gasteiger partial charge in [0.05, 0.1) is 12.6 Å². The van der Waals surface area contributed by atoms with E-state index in [4.69, 9.17) is 4.74 Å². The minimum atomic E-state index is -0.563. The molecule has 4 amide bonds. The molecule has 2 aliphatic rings. The number of imide groups is 2. The average Bonchev–Trinajstić information content (AvgIpc) is 3.02. The van der Waals surface area contributed by atoms with Gasteiger partial charge in [0.2, 0.25) is 0 Å². The number of amides is 4. The molecule has 0 aromatic heterocycles. The molecular formula is C23H36N4O4. The summed E-state index contributed by atoms with van der Waals surface area (Å²) in [5.41, 5.74) is 2.59. The number of nitrogens with zero attached hydrogens (tertiary/aromatic N) is 4. The molecule has 1 heterocycles. The van der Waals surface area contributed by atoms with Gasteiger partial charge in [-0.05, 0) is 37.3 Å². The van der Waals surface area contributed by atoms with Crippen molar-refractivity contribution in [1.29, 1.82) is 0 Å². The first-order chi connectivity index (χ1) is 14.6. The van der Waals surface area contributed by atoms with E-state index in [1.165, 1.54) is 16.9 Å². The molecule has 1 saturated heterocycles. The van der Waals surface area contributed by atoms with Crippen LogP contribution < -0.4 is 0 Å². The zero-order valence-corrected chi connectivity index (χ0v) is 19.9. The number of rotatable bonds is 8. The fourth-order valence-electron chi connectivity index (χ4n) is 4.01. The lowest BCUT2D eigenvalue weighted by Crippen LogP contribution is -2.60. The van der Waals surface area contributed by atoms with Crippen LogP contribution in [0.2, 0.25) is 0 Å². The zero-order chi connectivity index (χ0) is 23.3. The van der Waals surface area contributed by atoms with Crippen molar-refractivity contribution in [2.45, 2.75) is 45.6 Å². The molecule has 0 spiro atoms. The van der Waals surface area contributed by atoms with Crippen LogP contribution in [0, 0.1) is 0 Å². The molecule has 0 bridgehead atoms. The third-order valence-corrected chi connectivity index (χ3v) is 5.30. The summed E-state index contributed by atoms with van der Waals surface area (Å²) < 4.78 is 5.20. The van der Waals surface area contributed by atoms with Crippen LogP contribution in [0.1, 0.15) is 39.5 Å². The van der Waals surface area contributed by atoms with Gasteiger partial charge in [-0.2, -0.15) is 0 Å². The fraction of sp³-hybridized carbons (Fsp3) is 0.609. The Morgan fingerprint density at radius 3 is 1.97 bits per heavy atom. The molecule has 1 atom stereocenters. The van der Waals surface area contributed by atoms with Gasteiger partial charge in [0.25, 0.3) is 11.8 Å². The number of hydrogen-bond acceptors (Lipinski definition) is 6. The summed E-state index contributed by atoms with van der Waals surface area (Å²) in [7, 11) is 9.19. The molecule has 8 heteroatoms. The number of unbranched alkanes of at least 4 members (excludes halogenated alkanes) is 1. The van der Waals surface area contributed by atoms with Crippen molar-refractivity contribution >= 4 is 17.8 Å². The maximum absolute atomic E-state index is 13.6. The van der Waals surface area contributed by atoms with Crippen LogP contribution in [0.25, 0.3) is 0 Å². The Kier molecular flexibility index (Phi) is 8.44.